The van der Waals surface area contributed by atoms with Gasteiger partial charge in [0.25, 0.3) is 5.69 Å². The van der Waals surface area contributed by atoms with Gasteiger partial charge in [0.05, 0.1) is 16.0 Å². The molecule has 24 heavy (non-hydrogen) atoms. The molecule has 0 amide bonds. The molecule has 0 atom stereocenters. The molecule has 124 valence electrons. The fourth-order valence-electron chi connectivity index (χ4n) is 2.75. The number of nitrogens with zero attached hydrogens (tertiary/aromatic N) is 3. The summed E-state index contributed by atoms with van der Waals surface area (Å²) in [5.41, 5.74) is 2.09. The summed E-state index contributed by atoms with van der Waals surface area (Å²) >= 11 is 0. The SMILES string of the molecule is Cc1nc2ccccc2n1CCCNc1cc(F)ccc1[N+](=O)[O-]. The molecule has 0 aliphatic heterocycles. The minimum atomic E-state index is -0.519. The number of hydrogen-bond acceptors (Lipinski definition) is 4. The summed E-state index contributed by atoms with van der Waals surface area (Å²) in [7, 11) is 0. The molecule has 0 saturated heterocycles. The minimum Gasteiger partial charge on any atom is -0.379 e. The predicted molar refractivity (Wildman–Crippen MR) is 90.6 cm³/mol. The van der Waals surface area contributed by atoms with Crippen molar-refractivity contribution in [3.8, 4) is 0 Å². The van der Waals surface area contributed by atoms with Crippen LogP contribution < -0.4 is 5.32 Å². The van der Waals surface area contributed by atoms with Crippen LogP contribution in [0.4, 0.5) is 15.8 Å². The van der Waals surface area contributed by atoms with Crippen LogP contribution in [-0.2, 0) is 6.54 Å². The van der Waals surface area contributed by atoms with Gasteiger partial charge in [-0.05, 0) is 31.5 Å². The number of hydrogen-bond donors (Lipinski definition) is 1. The third kappa shape index (κ3) is 3.19. The highest BCUT2D eigenvalue weighted by molar-refractivity contribution is 5.75. The minimum absolute atomic E-state index is 0.124. The van der Waals surface area contributed by atoms with Crippen molar-refractivity contribution in [2.24, 2.45) is 0 Å². The first-order chi connectivity index (χ1) is 11.6. The van der Waals surface area contributed by atoms with E-state index >= 15 is 0 Å². The van der Waals surface area contributed by atoms with Gasteiger partial charge in [-0.1, -0.05) is 12.1 Å². The number of aromatic nitrogens is 2. The number of rotatable bonds is 6. The monoisotopic (exact) mass is 328 g/mol. The van der Waals surface area contributed by atoms with Crippen molar-refractivity contribution in [1.29, 1.82) is 0 Å². The average molecular weight is 328 g/mol. The van der Waals surface area contributed by atoms with Crippen molar-refractivity contribution < 1.29 is 9.31 Å². The van der Waals surface area contributed by atoms with Gasteiger partial charge in [-0.15, -0.1) is 0 Å². The first-order valence-corrected chi connectivity index (χ1v) is 7.66. The lowest BCUT2D eigenvalue weighted by molar-refractivity contribution is -0.384. The Bertz CT molecular complexity index is 891. The number of benzene rings is 2. The third-order valence-electron chi connectivity index (χ3n) is 3.87. The Morgan fingerprint density at radius 2 is 2.08 bits per heavy atom. The molecule has 0 aliphatic rings. The molecule has 1 heterocycles. The zero-order valence-electron chi connectivity index (χ0n) is 13.2. The number of nitro benzene ring substituents is 1. The van der Waals surface area contributed by atoms with Crippen LogP contribution in [0, 0.1) is 22.9 Å². The Kier molecular flexibility index (Phi) is 4.41. The van der Waals surface area contributed by atoms with Crippen LogP contribution in [0.15, 0.2) is 42.5 Å². The highest BCUT2D eigenvalue weighted by atomic mass is 19.1. The smallest absolute Gasteiger partial charge is 0.292 e. The van der Waals surface area contributed by atoms with Gasteiger partial charge in [0.2, 0.25) is 0 Å². The quantitative estimate of drug-likeness (QED) is 0.423. The Balaban J connectivity index is 1.66. The number of halogens is 1. The molecular weight excluding hydrogens is 311 g/mol. The Hall–Kier alpha value is -2.96. The Morgan fingerprint density at radius 3 is 2.88 bits per heavy atom. The van der Waals surface area contributed by atoms with Crippen LogP contribution >= 0.6 is 0 Å². The van der Waals surface area contributed by atoms with E-state index in [1.165, 1.54) is 6.07 Å². The molecule has 6 nitrogen and oxygen atoms in total. The van der Waals surface area contributed by atoms with E-state index in [9.17, 15) is 14.5 Å². The number of nitro groups is 1. The summed E-state index contributed by atoms with van der Waals surface area (Å²) in [5.74, 6) is 0.424. The average Bonchev–Trinajstić information content (AvgIpc) is 2.87. The number of imidazole rings is 1. The standard InChI is InChI=1S/C17H17FN4O2/c1-12-20-14-5-2-3-6-16(14)21(12)10-4-9-19-15-11-13(18)7-8-17(15)22(23)24/h2-3,5-8,11,19H,4,9-10H2,1H3. The van der Waals surface area contributed by atoms with E-state index in [1.807, 2.05) is 31.2 Å². The molecule has 0 bridgehead atoms. The second-order valence-corrected chi connectivity index (χ2v) is 5.50. The largest absolute Gasteiger partial charge is 0.379 e. The summed E-state index contributed by atoms with van der Waals surface area (Å²) in [6.07, 6.45) is 0.731. The molecule has 3 aromatic rings. The Morgan fingerprint density at radius 1 is 1.29 bits per heavy atom. The van der Waals surface area contributed by atoms with Crippen LogP contribution in [0.5, 0.6) is 0 Å². The zero-order chi connectivity index (χ0) is 17.1. The Labute approximate surface area is 138 Å². The number of anilines is 1. The van der Waals surface area contributed by atoms with Gasteiger partial charge in [-0.25, -0.2) is 9.37 Å². The number of aryl methyl sites for hydroxylation is 2. The van der Waals surface area contributed by atoms with Gasteiger partial charge in [0, 0.05) is 25.2 Å². The fourth-order valence-corrected chi connectivity index (χ4v) is 2.75. The fraction of sp³-hybridized carbons (Fsp3) is 0.235. The summed E-state index contributed by atoms with van der Waals surface area (Å²) < 4.78 is 15.4. The van der Waals surface area contributed by atoms with Crippen molar-refractivity contribution in [1.82, 2.24) is 9.55 Å². The van der Waals surface area contributed by atoms with Gasteiger partial charge >= 0.3 is 0 Å². The maximum absolute atomic E-state index is 13.3. The molecule has 0 unspecified atom stereocenters. The molecule has 1 aromatic heterocycles. The van der Waals surface area contributed by atoms with E-state index in [0.717, 1.165) is 42.0 Å². The van der Waals surface area contributed by atoms with Crippen molar-refractivity contribution in [2.45, 2.75) is 19.9 Å². The maximum atomic E-state index is 13.3. The summed E-state index contributed by atoms with van der Waals surface area (Å²) in [5, 5.41) is 13.9. The van der Waals surface area contributed by atoms with Gasteiger partial charge in [-0.3, -0.25) is 10.1 Å². The van der Waals surface area contributed by atoms with Crippen molar-refractivity contribution in [2.75, 3.05) is 11.9 Å². The van der Waals surface area contributed by atoms with E-state index in [0.29, 0.717) is 6.54 Å². The first-order valence-electron chi connectivity index (χ1n) is 7.66. The lowest BCUT2D eigenvalue weighted by Gasteiger charge is -2.09. The number of fused-ring (bicyclic) bond motifs is 1. The van der Waals surface area contributed by atoms with Gasteiger partial charge < -0.3 is 9.88 Å². The third-order valence-corrected chi connectivity index (χ3v) is 3.87. The van der Waals surface area contributed by atoms with Crippen LogP contribution in [0.25, 0.3) is 11.0 Å². The second kappa shape index (κ2) is 6.66. The highest BCUT2D eigenvalue weighted by Gasteiger charge is 2.14. The van der Waals surface area contributed by atoms with E-state index in [2.05, 4.69) is 14.9 Å². The highest BCUT2D eigenvalue weighted by Crippen LogP contribution is 2.25. The van der Waals surface area contributed by atoms with E-state index in [-0.39, 0.29) is 11.4 Å². The van der Waals surface area contributed by atoms with E-state index in [1.54, 1.807) is 0 Å². The maximum Gasteiger partial charge on any atom is 0.292 e. The van der Waals surface area contributed by atoms with Crippen molar-refractivity contribution in [3.63, 3.8) is 0 Å². The summed E-state index contributed by atoms with van der Waals surface area (Å²) in [6, 6.07) is 11.3. The zero-order valence-corrected chi connectivity index (χ0v) is 13.2. The van der Waals surface area contributed by atoms with Gasteiger partial charge in [0.1, 0.15) is 17.3 Å². The van der Waals surface area contributed by atoms with Crippen LogP contribution in [0.2, 0.25) is 0 Å². The lowest BCUT2D eigenvalue weighted by Crippen LogP contribution is -2.09. The molecule has 2 aromatic carbocycles. The molecule has 1 N–H and O–H groups in total. The number of nitrogens with one attached hydrogen (secondary N) is 1. The molecule has 3 rings (SSSR count). The molecule has 0 aliphatic carbocycles. The van der Waals surface area contributed by atoms with Crippen molar-refractivity contribution >= 4 is 22.4 Å². The number of para-hydroxylation sites is 2. The first kappa shape index (κ1) is 15.9. The molecule has 7 heteroatoms. The molecule has 0 spiro atoms. The van der Waals surface area contributed by atoms with E-state index in [4.69, 9.17) is 0 Å². The lowest BCUT2D eigenvalue weighted by atomic mass is 10.2. The van der Waals surface area contributed by atoms with Crippen molar-refractivity contribution in [3.05, 3.63) is 64.2 Å². The normalized spacial score (nSPS) is 10.9. The van der Waals surface area contributed by atoms with E-state index < -0.39 is 10.7 Å². The molecule has 0 radical (unpaired) electrons. The molecule has 0 fully saturated rings. The van der Waals surface area contributed by atoms with Crippen LogP contribution in [0.3, 0.4) is 0 Å². The van der Waals surface area contributed by atoms with Gasteiger partial charge in [0.15, 0.2) is 0 Å². The van der Waals surface area contributed by atoms with Crippen LogP contribution in [-0.4, -0.2) is 21.0 Å². The summed E-state index contributed by atoms with van der Waals surface area (Å²) in [4.78, 5) is 15.0. The second-order valence-electron chi connectivity index (χ2n) is 5.50. The molecular formula is C17H17FN4O2. The van der Waals surface area contributed by atoms with Gasteiger partial charge in [-0.2, -0.15) is 0 Å². The predicted octanol–water partition coefficient (Wildman–Crippen LogP) is 3.89. The summed E-state index contributed by atoms with van der Waals surface area (Å²) in [6.45, 7) is 3.17. The van der Waals surface area contributed by atoms with Crippen LogP contribution in [0.1, 0.15) is 12.2 Å². The molecule has 0 saturated carbocycles. The topological polar surface area (TPSA) is 73.0 Å².